The summed E-state index contributed by atoms with van der Waals surface area (Å²) in [5, 5.41) is 0. The van der Waals surface area contributed by atoms with Crippen LogP contribution in [0.25, 0.3) is 0 Å². The Morgan fingerprint density at radius 2 is 1.95 bits per heavy atom. The van der Waals surface area contributed by atoms with Gasteiger partial charge in [-0.25, -0.2) is 10.2 Å². The van der Waals surface area contributed by atoms with Gasteiger partial charge in [-0.3, -0.25) is 10.2 Å². The molecule has 0 spiro atoms. The van der Waals surface area contributed by atoms with Gasteiger partial charge in [-0.1, -0.05) is 18.2 Å². The first-order valence-electron chi connectivity index (χ1n) is 5.78. The fourth-order valence-corrected chi connectivity index (χ4v) is 1.64. The van der Waals surface area contributed by atoms with Crippen LogP contribution >= 0.6 is 0 Å². The van der Waals surface area contributed by atoms with E-state index in [0.29, 0.717) is 11.1 Å². The number of hydrazine groups is 1. The molecule has 3 N–H and O–H groups in total. The second-order valence-electron chi connectivity index (χ2n) is 4.01. The standard InChI is InChI=1S/C14H12F2N2O2/c15-11-5-2-6-12(13(11)16)20-8-9-3-1-4-10(7-9)14(19)18-17/h1-7H,8,17H2,(H,18,19). The van der Waals surface area contributed by atoms with Gasteiger partial charge in [0, 0.05) is 5.56 Å². The van der Waals surface area contributed by atoms with E-state index in [1.54, 1.807) is 24.3 Å². The van der Waals surface area contributed by atoms with E-state index in [4.69, 9.17) is 10.6 Å². The Morgan fingerprint density at radius 3 is 2.70 bits per heavy atom. The molecule has 4 nitrogen and oxygen atoms in total. The molecule has 2 rings (SSSR count). The number of amides is 1. The first kappa shape index (κ1) is 14.0. The van der Waals surface area contributed by atoms with E-state index in [1.165, 1.54) is 12.1 Å². The lowest BCUT2D eigenvalue weighted by atomic mass is 10.1. The lowest BCUT2D eigenvalue weighted by Crippen LogP contribution is -2.30. The van der Waals surface area contributed by atoms with Gasteiger partial charge < -0.3 is 4.74 Å². The highest BCUT2D eigenvalue weighted by molar-refractivity contribution is 5.93. The van der Waals surface area contributed by atoms with Crippen molar-refractivity contribution in [1.29, 1.82) is 0 Å². The smallest absolute Gasteiger partial charge is 0.265 e. The number of benzene rings is 2. The van der Waals surface area contributed by atoms with E-state index in [0.717, 1.165) is 6.07 Å². The molecule has 0 radical (unpaired) electrons. The van der Waals surface area contributed by atoms with Crippen molar-refractivity contribution in [2.75, 3.05) is 0 Å². The maximum Gasteiger partial charge on any atom is 0.265 e. The Morgan fingerprint density at radius 1 is 1.20 bits per heavy atom. The number of halogens is 2. The van der Waals surface area contributed by atoms with Gasteiger partial charge in [-0.2, -0.15) is 4.39 Å². The molecule has 0 heterocycles. The van der Waals surface area contributed by atoms with Gasteiger partial charge in [-0.05, 0) is 29.8 Å². The summed E-state index contributed by atoms with van der Waals surface area (Å²) in [4.78, 5) is 11.4. The van der Waals surface area contributed by atoms with Crippen molar-refractivity contribution in [3.05, 3.63) is 65.2 Å². The van der Waals surface area contributed by atoms with Gasteiger partial charge in [0.25, 0.3) is 5.91 Å². The summed E-state index contributed by atoms with van der Waals surface area (Å²) >= 11 is 0. The monoisotopic (exact) mass is 278 g/mol. The highest BCUT2D eigenvalue weighted by atomic mass is 19.2. The SMILES string of the molecule is NNC(=O)c1cccc(COc2cccc(F)c2F)c1. The van der Waals surface area contributed by atoms with Gasteiger partial charge in [0.05, 0.1) is 0 Å². The molecule has 0 unspecified atom stereocenters. The third-order valence-corrected chi connectivity index (χ3v) is 2.63. The summed E-state index contributed by atoms with van der Waals surface area (Å²) in [6.07, 6.45) is 0. The predicted octanol–water partition coefficient (Wildman–Crippen LogP) is 2.15. The minimum atomic E-state index is -1.04. The first-order valence-corrected chi connectivity index (χ1v) is 5.78. The van der Waals surface area contributed by atoms with Crippen LogP contribution in [0, 0.1) is 11.6 Å². The molecular weight excluding hydrogens is 266 g/mol. The lowest BCUT2D eigenvalue weighted by Gasteiger charge is -2.08. The molecule has 0 aliphatic carbocycles. The quantitative estimate of drug-likeness (QED) is 0.511. The minimum Gasteiger partial charge on any atom is -0.486 e. The van der Waals surface area contributed by atoms with E-state index in [1.807, 2.05) is 5.43 Å². The number of hydrogen-bond donors (Lipinski definition) is 2. The number of ether oxygens (including phenoxy) is 1. The van der Waals surface area contributed by atoms with Crippen LogP contribution in [0.5, 0.6) is 5.75 Å². The number of carbonyl (C=O) groups excluding carboxylic acids is 1. The maximum absolute atomic E-state index is 13.4. The number of nitrogen functional groups attached to an aromatic ring is 1. The molecular formula is C14H12F2N2O2. The van der Waals surface area contributed by atoms with Crippen molar-refractivity contribution in [3.8, 4) is 5.75 Å². The van der Waals surface area contributed by atoms with E-state index in [-0.39, 0.29) is 12.4 Å². The summed E-state index contributed by atoms with van der Waals surface area (Å²) in [5.74, 6) is 2.40. The van der Waals surface area contributed by atoms with Crippen LogP contribution in [0.15, 0.2) is 42.5 Å². The Labute approximate surface area is 114 Å². The Hall–Kier alpha value is -2.47. The zero-order valence-electron chi connectivity index (χ0n) is 10.4. The highest BCUT2D eigenvalue weighted by Gasteiger charge is 2.09. The van der Waals surface area contributed by atoms with Gasteiger partial charge in [0.15, 0.2) is 11.6 Å². The summed E-state index contributed by atoms with van der Waals surface area (Å²) < 4.78 is 31.6. The average molecular weight is 278 g/mol. The van der Waals surface area contributed by atoms with Crippen LogP contribution in [-0.2, 0) is 6.61 Å². The van der Waals surface area contributed by atoms with Crippen LogP contribution in [0.2, 0.25) is 0 Å². The van der Waals surface area contributed by atoms with E-state index in [2.05, 4.69) is 0 Å². The van der Waals surface area contributed by atoms with Crippen molar-refractivity contribution in [3.63, 3.8) is 0 Å². The topological polar surface area (TPSA) is 64.3 Å². The Balaban J connectivity index is 2.11. The first-order chi connectivity index (χ1) is 9.61. The summed E-state index contributed by atoms with van der Waals surface area (Å²) in [7, 11) is 0. The highest BCUT2D eigenvalue weighted by Crippen LogP contribution is 2.20. The average Bonchev–Trinajstić information content (AvgIpc) is 2.48. The third kappa shape index (κ3) is 3.10. The van der Waals surface area contributed by atoms with E-state index < -0.39 is 17.5 Å². The summed E-state index contributed by atoms with van der Waals surface area (Å²) in [6.45, 7) is 0.00602. The van der Waals surface area contributed by atoms with Gasteiger partial charge in [0.1, 0.15) is 6.61 Å². The molecule has 0 saturated heterocycles. The maximum atomic E-state index is 13.4. The van der Waals surface area contributed by atoms with Crippen molar-refractivity contribution in [1.82, 2.24) is 5.43 Å². The van der Waals surface area contributed by atoms with Crippen molar-refractivity contribution < 1.29 is 18.3 Å². The molecule has 104 valence electrons. The molecule has 0 fully saturated rings. The summed E-state index contributed by atoms with van der Waals surface area (Å²) in [6, 6.07) is 10.2. The molecule has 6 heteroatoms. The van der Waals surface area contributed by atoms with E-state index in [9.17, 15) is 13.6 Å². The number of carbonyl (C=O) groups is 1. The normalized spacial score (nSPS) is 10.2. The van der Waals surface area contributed by atoms with Crippen LogP contribution in [0.3, 0.4) is 0 Å². The molecule has 0 aromatic heterocycles. The van der Waals surface area contributed by atoms with Crippen LogP contribution in [0.4, 0.5) is 8.78 Å². The number of rotatable bonds is 4. The Kier molecular flexibility index (Phi) is 4.27. The second kappa shape index (κ2) is 6.12. The van der Waals surface area contributed by atoms with Gasteiger partial charge >= 0.3 is 0 Å². The third-order valence-electron chi connectivity index (χ3n) is 2.63. The number of nitrogens with two attached hydrogens (primary N) is 1. The van der Waals surface area contributed by atoms with E-state index >= 15 is 0 Å². The number of hydrogen-bond acceptors (Lipinski definition) is 3. The van der Waals surface area contributed by atoms with Crippen LogP contribution in [0.1, 0.15) is 15.9 Å². The van der Waals surface area contributed by atoms with Crippen molar-refractivity contribution in [2.24, 2.45) is 5.84 Å². The zero-order valence-corrected chi connectivity index (χ0v) is 10.4. The van der Waals surface area contributed by atoms with Crippen molar-refractivity contribution >= 4 is 5.91 Å². The fraction of sp³-hybridized carbons (Fsp3) is 0.0714. The van der Waals surface area contributed by atoms with Crippen LogP contribution in [-0.4, -0.2) is 5.91 Å². The molecule has 20 heavy (non-hydrogen) atoms. The Bertz CT molecular complexity index is 632. The molecule has 0 atom stereocenters. The lowest BCUT2D eigenvalue weighted by molar-refractivity contribution is 0.0953. The molecule has 0 aliphatic heterocycles. The molecule has 0 aliphatic rings. The minimum absolute atomic E-state index is 0.00602. The van der Waals surface area contributed by atoms with Gasteiger partial charge in [0.2, 0.25) is 5.82 Å². The van der Waals surface area contributed by atoms with Crippen LogP contribution < -0.4 is 16.0 Å². The zero-order chi connectivity index (χ0) is 14.5. The predicted molar refractivity (Wildman–Crippen MR) is 68.8 cm³/mol. The fourth-order valence-electron chi connectivity index (χ4n) is 1.64. The second-order valence-corrected chi connectivity index (χ2v) is 4.01. The molecule has 0 saturated carbocycles. The molecule has 2 aromatic rings. The number of nitrogens with one attached hydrogen (secondary N) is 1. The van der Waals surface area contributed by atoms with Gasteiger partial charge in [-0.15, -0.1) is 0 Å². The summed E-state index contributed by atoms with van der Waals surface area (Å²) in [5.41, 5.74) is 3.00. The van der Waals surface area contributed by atoms with Crippen molar-refractivity contribution in [2.45, 2.75) is 6.61 Å². The molecule has 0 bridgehead atoms. The molecule has 1 amide bonds. The molecule has 2 aromatic carbocycles. The largest absolute Gasteiger partial charge is 0.486 e.